The molecule has 0 unspecified atom stereocenters. The standard InChI is InChI=1S/C18H27N3O2/c19-12-13-20-18(23)15-9-3-4-10-16(15)21-17(22)11-5-8-14-6-1-2-7-14/h3-4,9-10,14H,1-2,5-8,11-13,19H2,(H,20,23)(H,21,22). The maximum atomic E-state index is 12.1. The molecular formula is C18H27N3O2. The summed E-state index contributed by atoms with van der Waals surface area (Å²) in [7, 11) is 0. The van der Waals surface area contributed by atoms with E-state index in [1.54, 1.807) is 18.2 Å². The van der Waals surface area contributed by atoms with Crippen LogP contribution in [0.2, 0.25) is 0 Å². The minimum atomic E-state index is -0.211. The maximum Gasteiger partial charge on any atom is 0.253 e. The van der Waals surface area contributed by atoms with Crippen molar-refractivity contribution in [3.8, 4) is 0 Å². The van der Waals surface area contributed by atoms with Gasteiger partial charge < -0.3 is 16.4 Å². The molecule has 0 aliphatic heterocycles. The van der Waals surface area contributed by atoms with Crippen LogP contribution in [0.25, 0.3) is 0 Å². The number of carbonyl (C=O) groups is 2. The molecule has 1 aliphatic rings. The molecule has 2 rings (SSSR count). The summed E-state index contributed by atoms with van der Waals surface area (Å²) in [5.41, 5.74) is 6.44. The van der Waals surface area contributed by atoms with E-state index in [0.717, 1.165) is 18.8 Å². The molecule has 0 heterocycles. The van der Waals surface area contributed by atoms with E-state index < -0.39 is 0 Å². The second-order valence-electron chi connectivity index (χ2n) is 6.18. The second kappa shape index (κ2) is 9.30. The van der Waals surface area contributed by atoms with Crippen molar-refractivity contribution in [2.45, 2.75) is 44.9 Å². The first-order valence-electron chi connectivity index (χ1n) is 8.58. The van der Waals surface area contributed by atoms with Crippen molar-refractivity contribution in [1.29, 1.82) is 0 Å². The van der Waals surface area contributed by atoms with Gasteiger partial charge in [0.25, 0.3) is 5.91 Å². The minimum Gasteiger partial charge on any atom is -0.351 e. The highest BCUT2D eigenvalue weighted by Crippen LogP contribution is 2.29. The SMILES string of the molecule is NCCNC(=O)c1ccccc1NC(=O)CCCC1CCCC1. The van der Waals surface area contributed by atoms with Gasteiger partial charge in [0.15, 0.2) is 0 Å². The largest absolute Gasteiger partial charge is 0.351 e. The Labute approximate surface area is 138 Å². The Morgan fingerprint density at radius 3 is 2.65 bits per heavy atom. The zero-order valence-corrected chi connectivity index (χ0v) is 13.6. The zero-order chi connectivity index (χ0) is 16.5. The highest BCUT2D eigenvalue weighted by Gasteiger charge is 2.16. The monoisotopic (exact) mass is 317 g/mol. The normalized spacial score (nSPS) is 14.7. The van der Waals surface area contributed by atoms with Crippen molar-refractivity contribution in [2.24, 2.45) is 11.7 Å². The minimum absolute atomic E-state index is 0.0259. The van der Waals surface area contributed by atoms with E-state index in [0.29, 0.717) is 30.8 Å². The molecule has 0 aromatic heterocycles. The van der Waals surface area contributed by atoms with Crippen LogP contribution in [0.1, 0.15) is 55.3 Å². The predicted molar refractivity (Wildman–Crippen MR) is 92.3 cm³/mol. The Kier molecular flexibility index (Phi) is 7.07. The van der Waals surface area contributed by atoms with Crippen LogP contribution in [0.4, 0.5) is 5.69 Å². The first kappa shape index (κ1) is 17.5. The lowest BCUT2D eigenvalue weighted by atomic mass is 10.0. The van der Waals surface area contributed by atoms with Crippen LogP contribution >= 0.6 is 0 Å². The molecule has 5 heteroatoms. The van der Waals surface area contributed by atoms with Crippen molar-refractivity contribution in [3.05, 3.63) is 29.8 Å². The van der Waals surface area contributed by atoms with Gasteiger partial charge >= 0.3 is 0 Å². The molecule has 1 aromatic rings. The molecule has 4 N–H and O–H groups in total. The van der Waals surface area contributed by atoms with E-state index in [4.69, 9.17) is 5.73 Å². The van der Waals surface area contributed by atoms with Gasteiger partial charge in [0.1, 0.15) is 0 Å². The Hall–Kier alpha value is -1.88. The van der Waals surface area contributed by atoms with E-state index >= 15 is 0 Å². The summed E-state index contributed by atoms with van der Waals surface area (Å²) in [5, 5.41) is 5.59. The van der Waals surface area contributed by atoms with Gasteiger partial charge in [-0.05, 0) is 30.9 Å². The average molecular weight is 317 g/mol. The lowest BCUT2D eigenvalue weighted by Crippen LogP contribution is -2.29. The van der Waals surface area contributed by atoms with E-state index in [-0.39, 0.29) is 11.8 Å². The molecule has 0 spiro atoms. The second-order valence-corrected chi connectivity index (χ2v) is 6.18. The number of para-hydroxylation sites is 1. The first-order chi connectivity index (χ1) is 11.2. The predicted octanol–water partition coefficient (Wildman–Crippen LogP) is 2.67. The van der Waals surface area contributed by atoms with Crippen LogP contribution in [0.3, 0.4) is 0 Å². The zero-order valence-electron chi connectivity index (χ0n) is 13.6. The first-order valence-corrected chi connectivity index (χ1v) is 8.58. The fourth-order valence-corrected chi connectivity index (χ4v) is 3.13. The van der Waals surface area contributed by atoms with Gasteiger partial charge in [-0.15, -0.1) is 0 Å². The van der Waals surface area contributed by atoms with E-state index in [2.05, 4.69) is 10.6 Å². The Balaban J connectivity index is 1.83. The summed E-state index contributed by atoms with van der Waals surface area (Å²) in [6.45, 7) is 0.809. The van der Waals surface area contributed by atoms with Gasteiger partial charge in [-0.3, -0.25) is 9.59 Å². The van der Waals surface area contributed by atoms with Crippen LogP contribution in [0.5, 0.6) is 0 Å². The number of hydrogen-bond acceptors (Lipinski definition) is 3. The lowest BCUT2D eigenvalue weighted by Gasteiger charge is -2.12. The number of amides is 2. The third-order valence-corrected chi connectivity index (χ3v) is 4.37. The van der Waals surface area contributed by atoms with Crippen LogP contribution in [-0.4, -0.2) is 24.9 Å². The highest BCUT2D eigenvalue weighted by molar-refractivity contribution is 6.03. The van der Waals surface area contributed by atoms with Crippen molar-refractivity contribution in [3.63, 3.8) is 0 Å². The smallest absolute Gasteiger partial charge is 0.253 e. The van der Waals surface area contributed by atoms with E-state index in [1.807, 2.05) is 6.07 Å². The van der Waals surface area contributed by atoms with Gasteiger partial charge in [0.2, 0.25) is 5.91 Å². The van der Waals surface area contributed by atoms with Crippen LogP contribution in [0.15, 0.2) is 24.3 Å². The maximum absolute atomic E-state index is 12.1. The fourth-order valence-electron chi connectivity index (χ4n) is 3.13. The van der Waals surface area contributed by atoms with Gasteiger partial charge in [-0.1, -0.05) is 37.8 Å². The Bertz CT molecular complexity index is 525. The topological polar surface area (TPSA) is 84.2 Å². The third kappa shape index (κ3) is 5.67. The molecule has 2 amide bonds. The van der Waals surface area contributed by atoms with E-state index in [9.17, 15) is 9.59 Å². The molecular weight excluding hydrogens is 290 g/mol. The number of carbonyl (C=O) groups excluding carboxylic acids is 2. The number of hydrogen-bond donors (Lipinski definition) is 3. The van der Waals surface area contributed by atoms with Crippen LogP contribution < -0.4 is 16.4 Å². The molecule has 1 aromatic carbocycles. The number of nitrogens with two attached hydrogens (primary N) is 1. The van der Waals surface area contributed by atoms with Crippen LogP contribution in [-0.2, 0) is 4.79 Å². The fraction of sp³-hybridized carbons (Fsp3) is 0.556. The molecule has 1 aliphatic carbocycles. The summed E-state index contributed by atoms with van der Waals surface area (Å²) >= 11 is 0. The van der Waals surface area contributed by atoms with Gasteiger partial charge in [0.05, 0.1) is 11.3 Å². The van der Waals surface area contributed by atoms with Crippen molar-refractivity contribution >= 4 is 17.5 Å². The Morgan fingerprint density at radius 1 is 1.17 bits per heavy atom. The molecule has 0 bridgehead atoms. The van der Waals surface area contributed by atoms with Crippen molar-refractivity contribution in [2.75, 3.05) is 18.4 Å². The molecule has 0 saturated heterocycles. The van der Waals surface area contributed by atoms with Gasteiger partial charge in [-0.25, -0.2) is 0 Å². The quantitative estimate of drug-likeness (QED) is 0.689. The average Bonchev–Trinajstić information content (AvgIpc) is 3.06. The number of rotatable bonds is 8. The highest BCUT2D eigenvalue weighted by atomic mass is 16.2. The summed E-state index contributed by atoms with van der Waals surface area (Å²) in [6.07, 6.45) is 7.85. The molecule has 23 heavy (non-hydrogen) atoms. The third-order valence-electron chi connectivity index (χ3n) is 4.37. The van der Waals surface area contributed by atoms with E-state index in [1.165, 1.54) is 25.7 Å². The number of anilines is 1. The summed E-state index contributed by atoms with van der Waals surface area (Å²) < 4.78 is 0. The molecule has 126 valence electrons. The summed E-state index contributed by atoms with van der Waals surface area (Å²) in [5.74, 6) is 0.566. The molecule has 0 radical (unpaired) electrons. The van der Waals surface area contributed by atoms with Gasteiger partial charge in [0, 0.05) is 19.5 Å². The summed E-state index contributed by atoms with van der Waals surface area (Å²) in [6, 6.07) is 7.06. The molecule has 1 fully saturated rings. The van der Waals surface area contributed by atoms with Crippen LogP contribution in [0, 0.1) is 5.92 Å². The van der Waals surface area contributed by atoms with Crippen molar-refractivity contribution < 1.29 is 9.59 Å². The number of nitrogens with one attached hydrogen (secondary N) is 2. The van der Waals surface area contributed by atoms with Crippen molar-refractivity contribution in [1.82, 2.24) is 5.32 Å². The lowest BCUT2D eigenvalue weighted by molar-refractivity contribution is -0.116. The Morgan fingerprint density at radius 2 is 1.91 bits per heavy atom. The summed E-state index contributed by atoms with van der Waals surface area (Å²) in [4.78, 5) is 24.2. The molecule has 1 saturated carbocycles. The van der Waals surface area contributed by atoms with Gasteiger partial charge in [-0.2, -0.15) is 0 Å². The molecule has 0 atom stereocenters. The molecule has 5 nitrogen and oxygen atoms in total. The number of benzene rings is 1.